The molecule has 0 bridgehead atoms. The van der Waals surface area contributed by atoms with Crippen molar-refractivity contribution in [2.24, 2.45) is 0 Å². The minimum atomic E-state index is -1.30. The van der Waals surface area contributed by atoms with Gasteiger partial charge in [0.15, 0.2) is 8.32 Å². The number of hydrogen-bond acceptors (Lipinski definition) is 1. The molecule has 0 aliphatic heterocycles. The molecule has 0 fully saturated rings. The highest BCUT2D eigenvalue weighted by molar-refractivity contribution is 6.69. The molecule has 0 heterocycles. The Labute approximate surface area is 83.6 Å². The highest BCUT2D eigenvalue weighted by atomic mass is 28.4. The molecule has 0 atom stereocenters. The predicted octanol–water partition coefficient (Wildman–Crippen LogP) is 3.75. The van der Waals surface area contributed by atoms with E-state index in [4.69, 9.17) is 4.43 Å². The Hall–Kier alpha value is -0.343. The third kappa shape index (κ3) is 11.7. The highest BCUT2D eigenvalue weighted by Gasteiger charge is 2.11. The Bertz CT molecular complexity index is 156. The van der Waals surface area contributed by atoms with E-state index in [2.05, 4.69) is 38.4 Å². The second kappa shape index (κ2) is 7.10. The van der Waals surface area contributed by atoms with Crippen molar-refractivity contribution in [1.29, 1.82) is 0 Å². The summed E-state index contributed by atoms with van der Waals surface area (Å²) in [5.74, 6) is 0. The maximum atomic E-state index is 5.67. The van der Waals surface area contributed by atoms with Crippen molar-refractivity contribution >= 4 is 8.32 Å². The Balaban J connectivity index is 3.27. The van der Waals surface area contributed by atoms with Crippen LogP contribution < -0.4 is 0 Å². The van der Waals surface area contributed by atoms with E-state index in [0.29, 0.717) is 0 Å². The second-order valence-corrected chi connectivity index (χ2v) is 8.63. The normalized spacial score (nSPS) is 12.2. The van der Waals surface area contributed by atoms with Gasteiger partial charge in [-0.2, -0.15) is 0 Å². The van der Waals surface area contributed by atoms with E-state index in [1.54, 1.807) is 0 Å². The van der Waals surface area contributed by atoms with Crippen molar-refractivity contribution in [2.75, 3.05) is 6.61 Å². The topological polar surface area (TPSA) is 9.23 Å². The van der Waals surface area contributed by atoms with Crippen LogP contribution in [0.2, 0.25) is 19.6 Å². The van der Waals surface area contributed by atoms with Crippen LogP contribution >= 0.6 is 0 Å². The van der Waals surface area contributed by atoms with Crippen molar-refractivity contribution < 1.29 is 4.43 Å². The lowest BCUT2D eigenvalue weighted by atomic mass is 10.2. The van der Waals surface area contributed by atoms with Crippen LogP contribution in [0.1, 0.15) is 19.3 Å². The molecule has 0 aromatic rings. The van der Waals surface area contributed by atoms with E-state index in [1.807, 2.05) is 6.08 Å². The largest absolute Gasteiger partial charge is 0.414 e. The molecule has 0 aliphatic carbocycles. The first-order valence-electron chi connectivity index (χ1n) is 4.96. The Kier molecular flexibility index (Phi) is 6.91. The number of hydrogen-bond donors (Lipinski definition) is 0. The fourth-order valence-corrected chi connectivity index (χ4v) is 1.46. The van der Waals surface area contributed by atoms with Crippen LogP contribution in [0.5, 0.6) is 0 Å². The average molecular weight is 198 g/mol. The van der Waals surface area contributed by atoms with Crippen molar-refractivity contribution in [3.8, 4) is 0 Å². The first-order chi connectivity index (χ1) is 6.06. The molecule has 0 rings (SSSR count). The van der Waals surface area contributed by atoms with Gasteiger partial charge in [0.2, 0.25) is 0 Å². The van der Waals surface area contributed by atoms with Crippen molar-refractivity contribution in [1.82, 2.24) is 0 Å². The summed E-state index contributed by atoms with van der Waals surface area (Å²) in [4.78, 5) is 0. The summed E-state index contributed by atoms with van der Waals surface area (Å²) < 4.78 is 5.67. The first kappa shape index (κ1) is 12.7. The molecule has 0 aliphatic rings. The zero-order valence-electron chi connectivity index (χ0n) is 9.18. The summed E-state index contributed by atoms with van der Waals surface area (Å²) in [6.07, 6.45) is 9.74. The maximum Gasteiger partial charge on any atom is 0.184 e. The SMILES string of the molecule is C=CCCCC=CCO[Si](C)(C)C. The molecule has 0 amide bonds. The fourth-order valence-electron chi connectivity index (χ4n) is 0.864. The predicted molar refractivity (Wildman–Crippen MR) is 62.5 cm³/mol. The van der Waals surface area contributed by atoms with Gasteiger partial charge in [0.1, 0.15) is 0 Å². The van der Waals surface area contributed by atoms with Crippen LogP contribution in [-0.4, -0.2) is 14.9 Å². The van der Waals surface area contributed by atoms with E-state index >= 15 is 0 Å². The smallest absolute Gasteiger partial charge is 0.184 e. The molecule has 0 radical (unpaired) electrons. The van der Waals surface area contributed by atoms with Gasteiger partial charge in [-0.15, -0.1) is 6.58 Å². The standard InChI is InChI=1S/C11H22OSi/c1-5-6-7-8-9-10-11-12-13(2,3)4/h5,9-10H,1,6-8,11H2,2-4H3. The quantitative estimate of drug-likeness (QED) is 0.344. The summed E-state index contributed by atoms with van der Waals surface area (Å²) in [6, 6.07) is 0. The van der Waals surface area contributed by atoms with Gasteiger partial charge in [-0.25, -0.2) is 0 Å². The fraction of sp³-hybridized carbons (Fsp3) is 0.636. The molecular weight excluding hydrogens is 176 g/mol. The van der Waals surface area contributed by atoms with E-state index in [0.717, 1.165) is 19.4 Å². The van der Waals surface area contributed by atoms with Crippen LogP contribution in [0.3, 0.4) is 0 Å². The van der Waals surface area contributed by atoms with Crippen molar-refractivity contribution in [3.05, 3.63) is 24.8 Å². The Morgan fingerprint density at radius 2 is 1.85 bits per heavy atom. The molecule has 0 saturated heterocycles. The summed E-state index contributed by atoms with van der Waals surface area (Å²) in [5, 5.41) is 0. The monoisotopic (exact) mass is 198 g/mol. The summed E-state index contributed by atoms with van der Waals surface area (Å²) >= 11 is 0. The molecule has 0 spiro atoms. The maximum absolute atomic E-state index is 5.67. The molecular formula is C11H22OSi. The van der Waals surface area contributed by atoms with Gasteiger partial charge < -0.3 is 4.43 Å². The van der Waals surface area contributed by atoms with Gasteiger partial charge in [0.25, 0.3) is 0 Å². The molecule has 13 heavy (non-hydrogen) atoms. The minimum absolute atomic E-state index is 0.782. The van der Waals surface area contributed by atoms with Crippen LogP contribution in [0.15, 0.2) is 24.8 Å². The molecule has 0 saturated carbocycles. The van der Waals surface area contributed by atoms with E-state index in [-0.39, 0.29) is 0 Å². The van der Waals surface area contributed by atoms with Gasteiger partial charge in [0.05, 0.1) is 6.61 Å². The second-order valence-electron chi connectivity index (χ2n) is 4.11. The van der Waals surface area contributed by atoms with E-state index in [1.165, 1.54) is 6.42 Å². The van der Waals surface area contributed by atoms with Gasteiger partial charge in [0, 0.05) is 0 Å². The van der Waals surface area contributed by atoms with Gasteiger partial charge >= 0.3 is 0 Å². The molecule has 0 N–H and O–H groups in total. The molecule has 2 heteroatoms. The lowest BCUT2D eigenvalue weighted by Gasteiger charge is -2.14. The minimum Gasteiger partial charge on any atom is -0.414 e. The van der Waals surface area contributed by atoms with Crippen LogP contribution in [-0.2, 0) is 4.43 Å². The Morgan fingerprint density at radius 1 is 1.15 bits per heavy atom. The van der Waals surface area contributed by atoms with Crippen molar-refractivity contribution in [2.45, 2.75) is 38.9 Å². The molecule has 1 nitrogen and oxygen atoms in total. The van der Waals surface area contributed by atoms with Crippen LogP contribution in [0.25, 0.3) is 0 Å². The van der Waals surface area contributed by atoms with E-state index < -0.39 is 8.32 Å². The molecule has 0 aromatic carbocycles. The first-order valence-corrected chi connectivity index (χ1v) is 8.37. The number of allylic oxidation sites excluding steroid dienone is 2. The summed E-state index contributed by atoms with van der Waals surface area (Å²) in [6.45, 7) is 11.1. The zero-order chi connectivity index (χ0) is 10.2. The summed E-state index contributed by atoms with van der Waals surface area (Å²) in [5.41, 5.74) is 0. The lowest BCUT2D eigenvalue weighted by Crippen LogP contribution is -2.25. The van der Waals surface area contributed by atoms with Crippen molar-refractivity contribution in [3.63, 3.8) is 0 Å². The summed E-state index contributed by atoms with van der Waals surface area (Å²) in [7, 11) is -1.30. The lowest BCUT2D eigenvalue weighted by molar-refractivity contribution is 0.357. The number of rotatable bonds is 7. The van der Waals surface area contributed by atoms with Gasteiger partial charge in [-0.1, -0.05) is 18.2 Å². The third-order valence-electron chi connectivity index (χ3n) is 1.56. The molecule has 0 aromatic heterocycles. The zero-order valence-corrected chi connectivity index (χ0v) is 10.2. The highest BCUT2D eigenvalue weighted by Crippen LogP contribution is 2.02. The Morgan fingerprint density at radius 3 is 2.38 bits per heavy atom. The van der Waals surface area contributed by atoms with Gasteiger partial charge in [-0.05, 0) is 38.9 Å². The third-order valence-corrected chi connectivity index (χ3v) is 2.59. The molecule has 76 valence electrons. The number of unbranched alkanes of at least 4 members (excludes halogenated alkanes) is 2. The van der Waals surface area contributed by atoms with Gasteiger partial charge in [-0.3, -0.25) is 0 Å². The average Bonchev–Trinajstić information content (AvgIpc) is 2.01. The van der Waals surface area contributed by atoms with Crippen LogP contribution in [0, 0.1) is 0 Å². The van der Waals surface area contributed by atoms with Crippen LogP contribution in [0.4, 0.5) is 0 Å². The molecule has 0 unspecified atom stereocenters. The van der Waals surface area contributed by atoms with E-state index in [9.17, 15) is 0 Å².